The first-order chi connectivity index (χ1) is 20.0. The molecule has 2 heterocycles. The van der Waals surface area contributed by atoms with Gasteiger partial charge in [-0.25, -0.2) is 18.1 Å². The van der Waals surface area contributed by atoms with E-state index in [9.17, 15) is 28.1 Å². The minimum absolute atomic E-state index is 0. The number of benzene rings is 1. The summed E-state index contributed by atoms with van der Waals surface area (Å²) >= 11 is 0. The number of nitrogens with zero attached hydrogens (tertiary/aromatic N) is 2. The second kappa shape index (κ2) is 17.7. The van der Waals surface area contributed by atoms with E-state index in [-0.39, 0.29) is 48.4 Å². The van der Waals surface area contributed by atoms with Crippen LogP contribution in [0.15, 0.2) is 47.5 Å². The molecule has 3 rings (SSSR count). The van der Waals surface area contributed by atoms with Crippen LogP contribution in [0.4, 0.5) is 5.82 Å². The van der Waals surface area contributed by atoms with Crippen molar-refractivity contribution in [1.82, 2.24) is 15.0 Å². The van der Waals surface area contributed by atoms with Crippen LogP contribution in [0.25, 0.3) is 0 Å². The smallest absolute Gasteiger partial charge is 0.426 e. The number of sulfonamides is 1. The van der Waals surface area contributed by atoms with Crippen LogP contribution in [-0.2, 0) is 26.0 Å². The average molecular weight is 639 g/mol. The van der Waals surface area contributed by atoms with Crippen LogP contribution in [0.2, 0.25) is 0 Å². The number of amides is 1. The van der Waals surface area contributed by atoms with Crippen molar-refractivity contribution in [3.05, 3.63) is 53.7 Å². The number of ether oxygens (including phenoxy) is 1. The number of aromatic nitrogens is 1. The van der Waals surface area contributed by atoms with E-state index in [1.807, 2.05) is 30.9 Å². The quantitative estimate of drug-likeness (QED) is 0.160. The van der Waals surface area contributed by atoms with Gasteiger partial charge in [0.15, 0.2) is 5.78 Å². The molecule has 0 saturated carbocycles. The van der Waals surface area contributed by atoms with Crippen molar-refractivity contribution in [2.75, 3.05) is 37.7 Å². The Kier molecular flexibility index (Phi) is 15.1. The molecular formula is C29H44BClN4O7S. The molecular weight excluding hydrogens is 595 g/mol. The number of anilines is 1. The minimum Gasteiger partial charge on any atom is -0.426 e. The molecule has 1 amide bonds. The molecule has 2 atom stereocenters. The molecule has 1 aliphatic rings. The molecule has 238 valence electrons. The number of unbranched alkanes of at least 4 members (excludes halogenated alkanes) is 1. The van der Waals surface area contributed by atoms with Crippen LogP contribution in [0, 0.1) is 11.8 Å². The molecule has 14 heteroatoms. The first-order valence-electron chi connectivity index (χ1n) is 14.6. The standard InChI is InChI=1S/C29H43BN4O7S.ClH/c1-4-5-6-22-7-9-23(10-8-22)26(35)18-24(29(36)33-27(30(37)38)17-21(2)3)19-32-42(39,40)25-11-12-28(31-20-25)34-13-15-41-16-14-34;/h7-12,20-21,24,27,32,37-38H,4-6,13-19H2,1-3H3,(H,33,36);1H/t24-,27-;/m0./s1. The number of hydrogen-bond acceptors (Lipinski definition) is 9. The van der Waals surface area contributed by atoms with Gasteiger partial charge in [0.1, 0.15) is 10.7 Å². The lowest BCUT2D eigenvalue weighted by Gasteiger charge is -2.27. The van der Waals surface area contributed by atoms with Gasteiger partial charge in [-0.3, -0.25) is 9.59 Å². The maximum Gasteiger partial charge on any atom is 0.475 e. The normalized spacial score (nSPS) is 15.0. The Morgan fingerprint density at radius 3 is 2.33 bits per heavy atom. The lowest BCUT2D eigenvalue weighted by atomic mass is 9.74. The second-order valence-corrected chi connectivity index (χ2v) is 12.9. The van der Waals surface area contributed by atoms with E-state index >= 15 is 0 Å². The topological polar surface area (TPSA) is 158 Å². The van der Waals surface area contributed by atoms with E-state index in [1.54, 1.807) is 18.2 Å². The monoisotopic (exact) mass is 638 g/mol. The Balaban J connectivity index is 0.00000645. The van der Waals surface area contributed by atoms with Crippen LogP contribution >= 0.6 is 12.4 Å². The molecule has 0 bridgehead atoms. The third-order valence-corrected chi connectivity index (χ3v) is 8.61. The maximum absolute atomic E-state index is 13.3. The van der Waals surface area contributed by atoms with Gasteiger partial charge in [0.25, 0.3) is 0 Å². The van der Waals surface area contributed by atoms with E-state index in [4.69, 9.17) is 4.74 Å². The molecule has 1 saturated heterocycles. The van der Waals surface area contributed by atoms with E-state index in [2.05, 4.69) is 21.9 Å². The second-order valence-electron chi connectivity index (χ2n) is 11.1. The first kappa shape index (κ1) is 36.6. The lowest BCUT2D eigenvalue weighted by Crippen LogP contribution is -2.50. The molecule has 0 spiro atoms. The molecule has 0 unspecified atom stereocenters. The Hall–Kier alpha value is -2.55. The van der Waals surface area contributed by atoms with Crippen LogP contribution in [0.1, 0.15) is 62.4 Å². The van der Waals surface area contributed by atoms with Crippen molar-refractivity contribution in [2.24, 2.45) is 11.8 Å². The van der Waals surface area contributed by atoms with Gasteiger partial charge in [-0.2, -0.15) is 0 Å². The maximum atomic E-state index is 13.3. The van der Waals surface area contributed by atoms with Crippen molar-refractivity contribution < 1.29 is 32.8 Å². The van der Waals surface area contributed by atoms with E-state index in [0.717, 1.165) is 24.8 Å². The fourth-order valence-corrected chi connectivity index (χ4v) is 5.73. The van der Waals surface area contributed by atoms with Crippen molar-refractivity contribution in [2.45, 2.75) is 63.7 Å². The van der Waals surface area contributed by atoms with Gasteiger partial charge in [0.2, 0.25) is 15.9 Å². The zero-order valence-corrected chi connectivity index (χ0v) is 26.7. The summed E-state index contributed by atoms with van der Waals surface area (Å²) in [6.07, 6.45) is 4.27. The number of rotatable bonds is 16. The third kappa shape index (κ3) is 11.5. The number of ketones is 1. The summed E-state index contributed by atoms with van der Waals surface area (Å²) in [6.45, 7) is 7.94. The molecule has 2 aromatic rings. The molecule has 4 N–H and O–H groups in total. The highest BCUT2D eigenvalue weighted by Crippen LogP contribution is 2.18. The Bertz CT molecular complexity index is 1260. The molecule has 1 aromatic carbocycles. The van der Waals surface area contributed by atoms with Crippen molar-refractivity contribution >= 4 is 47.1 Å². The van der Waals surface area contributed by atoms with Gasteiger partial charge in [0, 0.05) is 37.8 Å². The SMILES string of the molecule is CCCCc1ccc(C(=O)C[C@@H](CNS(=O)(=O)c2ccc(N3CCOCC3)nc2)C(=O)N[C@@H](CC(C)C)B(O)O)cc1.Cl. The van der Waals surface area contributed by atoms with Gasteiger partial charge in [-0.05, 0) is 42.9 Å². The van der Waals surface area contributed by atoms with E-state index in [1.165, 1.54) is 12.3 Å². The minimum atomic E-state index is -4.06. The van der Waals surface area contributed by atoms with Gasteiger partial charge in [0.05, 0.1) is 25.1 Å². The van der Waals surface area contributed by atoms with Crippen LogP contribution in [-0.4, -0.2) is 81.0 Å². The Labute approximate surface area is 261 Å². The highest BCUT2D eigenvalue weighted by molar-refractivity contribution is 7.89. The summed E-state index contributed by atoms with van der Waals surface area (Å²) in [5.74, 6) is -2.35. The molecule has 0 radical (unpaired) electrons. The van der Waals surface area contributed by atoms with Crippen LogP contribution in [0.3, 0.4) is 0 Å². The van der Waals surface area contributed by atoms with Gasteiger partial charge < -0.3 is 25.0 Å². The lowest BCUT2D eigenvalue weighted by molar-refractivity contribution is -0.125. The Morgan fingerprint density at radius 1 is 1.09 bits per heavy atom. The Morgan fingerprint density at radius 2 is 1.77 bits per heavy atom. The average Bonchev–Trinajstić information content (AvgIpc) is 2.98. The zero-order chi connectivity index (χ0) is 30.7. The van der Waals surface area contributed by atoms with Crippen molar-refractivity contribution in [1.29, 1.82) is 0 Å². The van der Waals surface area contributed by atoms with Gasteiger partial charge in [-0.15, -0.1) is 12.4 Å². The summed E-state index contributed by atoms with van der Waals surface area (Å²) in [4.78, 5) is 32.7. The third-order valence-electron chi connectivity index (χ3n) is 7.20. The van der Waals surface area contributed by atoms with E-state index in [0.29, 0.717) is 37.7 Å². The number of halogens is 1. The number of Topliss-reactive ketones (excluding diaryl/α,β-unsaturated/α-hetero) is 1. The highest BCUT2D eigenvalue weighted by atomic mass is 35.5. The molecule has 1 aliphatic heterocycles. The summed E-state index contributed by atoms with van der Waals surface area (Å²) in [6, 6.07) is 10.3. The van der Waals surface area contributed by atoms with Crippen molar-refractivity contribution in [3.63, 3.8) is 0 Å². The number of pyridine rings is 1. The summed E-state index contributed by atoms with van der Waals surface area (Å²) in [5, 5.41) is 22.2. The molecule has 11 nitrogen and oxygen atoms in total. The summed E-state index contributed by atoms with van der Waals surface area (Å²) < 4.78 is 34.0. The van der Waals surface area contributed by atoms with Crippen LogP contribution in [0.5, 0.6) is 0 Å². The summed E-state index contributed by atoms with van der Waals surface area (Å²) in [5.41, 5.74) is 1.52. The number of carbonyl (C=O) groups excluding carboxylic acids is 2. The predicted octanol–water partition coefficient (Wildman–Crippen LogP) is 2.39. The molecule has 0 aliphatic carbocycles. The molecule has 1 aromatic heterocycles. The molecule has 43 heavy (non-hydrogen) atoms. The fraction of sp³-hybridized carbons (Fsp3) is 0.552. The zero-order valence-electron chi connectivity index (χ0n) is 25.1. The number of morpholine rings is 1. The van der Waals surface area contributed by atoms with Crippen LogP contribution < -0.4 is 14.9 Å². The van der Waals surface area contributed by atoms with Gasteiger partial charge in [-0.1, -0.05) is 51.5 Å². The van der Waals surface area contributed by atoms with Gasteiger partial charge >= 0.3 is 7.12 Å². The number of hydrogen-bond donors (Lipinski definition) is 4. The first-order valence-corrected chi connectivity index (χ1v) is 16.1. The summed E-state index contributed by atoms with van der Waals surface area (Å²) in [7, 11) is -5.87. The largest absolute Gasteiger partial charge is 0.475 e. The number of aryl methyl sites for hydroxylation is 1. The highest BCUT2D eigenvalue weighted by Gasteiger charge is 2.31. The van der Waals surface area contributed by atoms with E-state index < -0.39 is 34.9 Å². The molecule has 1 fully saturated rings. The fourth-order valence-electron chi connectivity index (χ4n) is 4.71. The predicted molar refractivity (Wildman–Crippen MR) is 169 cm³/mol. The number of carbonyl (C=O) groups is 2. The van der Waals surface area contributed by atoms with Crippen molar-refractivity contribution in [3.8, 4) is 0 Å². The number of nitrogens with one attached hydrogen (secondary N) is 2.